The number of carboxylic acid groups (broad SMARTS) is 1. The SMILES string of the molecule is CC(Cc1ccc(F)cc1)C(CN)C(=O)O. The average molecular weight is 225 g/mol. The quantitative estimate of drug-likeness (QED) is 0.801. The maximum Gasteiger partial charge on any atom is 0.308 e. The fourth-order valence-electron chi connectivity index (χ4n) is 1.71. The van der Waals surface area contributed by atoms with Gasteiger partial charge in [-0.1, -0.05) is 19.1 Å². The normalized spacial score (nSPS) is 14.4. The number of hydrogen-bond acceptors (Lipinski definition) is 2. The van der Waals surface area contributed by atoms with E-state index in [0.717, 1.165) is 5.56 Å². The molecule has 0 aliphatic heterocycles. The zero-order valence-corrected chi connectivity index (χ0v) is 9.19. The summed E-state index contributed by atoms with van der Waals surface area (Å²) in [6.07, 6.45) is 0.592. The molecule has 0 saturated carbocycles. The third-order valence-corrected chi connectivity index (χ3v) is 2.73. The van der Waals surface area contributed by atoms with Gasteiger partial charge in [-0.3, -0.25) is 4.79 Å². The Labute approximate surface area is 94.1 Å². The Morgan fingerprint density at radius 3 is 2.44 bits per heavy atom. The molecule has 0 radical (unpaired) electrons. The van der Waals surface area contributed by atoms with Crippen LogP contribution in [0.2, 0.25) is 0 Å². The number of hydrogen-bond donors (Lipinski definition) is 2. The second-order valence-electron chi connectivity index (χ2n) is 3.99. The summed E-state index contributed by atoms with van der Waals surface area (Å²) in [5.41, 5.74) is 6.34. The third-order valence-electron chi connectivity index (χ3n) is 2.73. The highest BCUT2D eigenvalue weighted by Gasteiger charge is 2.23. The lowest BCUT2D eigenvalue weighted by molar-refractivity contribution is -0.143. The summed E-state index contributed by atoms with van der Waals surface area (Å²) in [4.78, 5) is 10.9. The van der Waals surface area contributed by atoms with Gasteiger partial charge in [0.15, 0.2) is 0 Å². The molecule has 3 N–H and O–H groups in total. The zero-order chi connectivity index (χ0) is 12.1. The maximum absolute atomic E-state index is 12.7. The Balaban J connectivity index is 2.66. The van der Waals surface area contributed by atoms with Crippen molar-refractivity contribution in [2.75, 3.05) is 6.54 Å². The number of carbonyl (C=O) groups is 1. The van der Waals surface area contributed by atoms with Crippen molar-refractivity contribution in [1.82, 2.24) is 0 Å². The van der Waals surface area contributed by atoms with E-state index in [1.54, 1.807) is 12.1 Å². The van der Waals surface area contributed by atoms with Gasteiger partial charge in [-0.05, 0) is 30.0 Å². The van der Waals surface area contributed by atoms with Gasteiger partial charge in [-0.25, -0.2) is 4.39 Å². The minimum absolute atomic E-state index is 0.0621. The van der Waals surface area contributed by atoms with Crippen LogP contribution >= 0.6 is 0 Å². The molecule has 0 bridgehead atoms. The van der Waals surface area contributed by atoms with Crippen LogP contribution < -0.4 is 5.73 Å². The van der Waals surface area contributed by atoms with Crippen LogP contribution in [-0.4, -0.2) is 17.6 Å². The highest BCUT2D eigenvalue weighted by atomic mass is 19.1. The van der Waals surface area contributed by atoms with Crippen LogP contribution in [0.1, 0.15) is 12.5 Å². The summed E-state index contributed by atoms with van der Waals surface area (Å²) >= 11 is 0. The van der Waals surface area contributed by atoms with Crippen molar-refractivity contribution in [2.24, 2.45) is 17.6 Å². The predicted octanol–water partition coefficient (Wildman–Crippen LogP) is 1.66. The molecule has 1 aromatic carbocycles. The van der Waals surface area contributed by atoms with E-state index in [0.29, 0.717) is 6.42 Å². The lowest BCUT2D eigenvalue weighted by Crippen LogP contribution is -2.30. The van der Waals surface area contributed by atoms with Crippen LogP contribution in [0.25, 0.3) is 0 Å². The molecule has 0 aliphatic rings. The molecule has 0 aromatic heterocycles. The van der Waals surface area contributed by atoms with Crippen LogP contribution in [-0.2, 0) is 11.2 Å². The van der Waals surface area contributed by atoms with Crippen molar-refractivity contribution < 1.29 is 14.3 Å². The number of halogens is 1. The van der Waals surface area contributed by atoms with E-state index < -0.39 is 11.9 Å². The van der Waals surface area contributed by atoms with Gasteiger partial charge < -0.3 is 10.8 Å². The molecule has 0 heterocycles. The number of nitrogens with two attached hydrogens (primary N) is 1. The smallest absolute Gasteiger partial charge is 0.308 e. The first-order valence-electron chi connectivity index (χ1n) is 5.22. The number of carboxylic acids is 1. The monoisotopic (exact) mass is 225 g/mol. The minimum Gasteiger partial charge on any atom is -0.481 e. The largest absolute Gasteiger partial charge is 0.481 e. The number of rotatable bonds is 5. The number of aliphatic carboxylic acids is 1. The van der Waals surface area contributed by atoms with Gasteiger partial charge in [0, 0.05) is 6.54 Å². The van der Waals surface area contributed by atoms with E-state index in [1.807, 2.05) is 6.92 Å². The molecule has 0 fully saturated rings. The molecule has 0 aliphatic carbocycles. The van der Waals surface area contributed by atoms with Gasteiger partial charge in [0.2, 0.25) is 0 Å². The van der Waals surface area contributed by atoms with Gasteiger partial charge in [0.1, 0.15) is 5.82 Å². The minimum atomic E-state index is -0.878. The lowest BCUT2D eigenvalue weighted by Gasteiger charge is -2.18. The molecule has 3 nitrogen and oxygen atoms in total. The summed E-state index contributed by atoms with van der Waals surface area (Å²) in [6.45, 7) is 1.96. The highest BCUT2D eigenvalue weighted by Crippen LogP contribution is 2.17. The van der Waals surface area contributed by atoms with E-state index in [1.165, 1.54) is 12.1 Å². The summed E-state index contributed by atoms with van der Waals surface area (Å²) in [6, 6.07) is 6.09. The maximum atomic E-state index is 12.7. The van der Waals surface area contributed by atoms with E-state index in [2.05, 4.69) is 0 Å². The lowest BCUT2D eigenvalue weighted by atomic mass is 9.88. The highest BCUT2D eigenvalue weighted by molar-refractivity contribution is 5.70. The molecule has 2 unspecified atom stereocenters. The topological polar surface area (TPSA) is 63.3 Å². The summed E-state index contributed by atoms with van der Waals surface area (Å²) in [5.74, 6) is -1.78. The first-order valence-corrected chi connectivity index (χ1v) is 5.22. The van der Waals surface area contributed by atoms with Crippen LogP contribution in [0.5, 0.6) is 0 Å². The van der Waals surface area contributed by atoms with Crippen LogP contribution in [0.3, 0.4) is 0 Å². The summed E-state index contributed by atoms with van der Waals surface area (Å²) in [5, 5.41) is 8.93. The average Bonchev–Trinajstić information content (AvgIpc) is 2.22. The fraction of sp³-hybridized carbons (Fsp3) is 0.417. The Kier molecular flexibility index (Phi) is 4.43. The molecule has 2 atom stereocenters. The van der Waals surface area contributed by atoms with Crippen molar-refractivity contribution >= 4 is 5.97 Å². The second-order valence-corrected chi connectivity index (χ2v) is 3.99. The van der Waals surface area contributed by atoms with E-state index >= 15 is 0 Å². The van der Waals surface area contributed by atoms with Crippen molar-refractivity contribution in [3.05, 3.63) is 35.6 Å². The second kappa shape index (κ2) is 5.61. The Morgan fingerprint density at radius 1 is 1.44 bits per heavy atom. The first-order chi connectivity index (χ1) is 7.54. The molecular formula is C12H16FNO2. The molecule has 0 spiro atoms. The van der Waals surface area contributed by atoms with Crippen LogP contribution in [0, 0.1) is 17.7 Å². The van der Waals surface area contributed by atoms with E-state index in [9.17, 15) is 9.18 Å². The molecule has 16 heavy (non-hydrogen) atoms. The van der Waals surface area contributed by atoms with Gasteiger partial charge in [-0.2, -0.15) is 0 Å². The zero-order valence-electron chi connectivity index (χ0n) is 9.19. The molecule has 1 rings (SSSR count). The van der Waals surface area contributed by atoms with Crippen molar-refractivity contribution in [1.29, 1.82) is 0 Å². The van der Waals surface area contributed by atoms with Crippen molar-refractivity contribution in [2.45, 2.75) is 13.3 Å². The summed E-state index contributed by atoms with van der Waals surface area (Å²) < 4.78 is 12.7. The predicted molar refractivity (Wildman–Crippen MR) is 59.4 cm³/mol. The van der Waals surface area contributed by atoms with Gasteiger partial charge >= 0.3 is 5.97 Å². The standard InChI is InChI=1S/C12H16FNO2/c1-8(11(7-14)12(15)16)6-9-2-4-10(13)5-3-9/h2-5,8,11H,6-7,14H2,1H3,(H,15,16). The Bertz CT molecular complexity index is 351. The van der Waals surface area contributed by atoms with Crippen molar-refractivity contribution in [3.8, 4) is 0 Å². The van der Waals surface area contributed by atoms with Gasteiger partial charge in [0.25, 0.3) is 0 Å². The Morgan fingerprint density at radius 2 is 2.00 bits per heavy atom. The molecule has 4 heteroatoms. The van der Waals surface area contributed by atoms with Gasteiger partial charge in [-0.15, -0.1) is 0 Å². The van der Waals surface area contributed by atoms with Crippen LogP contribution in [0.15, 0.2) is 24.3 Å². The summed E-state index contributed by atoms with van der Waals surface area (Å²) in [7, 11) is 0. The molecular weight excluding hydrogens is 209 g/mol. The number of benzene rings is 1. The molecule has 0 saturated heterocycles. The fourth-order valence-corrected chi connectivity index (χ4v) is 1.71. The van der Waals surface area contributed by atoms with Gasteiger partial charge in [0.05, 0.1) is 5.92 Å². The molecule has 0 amide bonds. The Hall–Kier alpha value is -1.42. The molecule has 1 aromatic rings. The van der Waals surface area contributed by atoms with E-state index in [-0.39, 0.29) is 18.3 Å². The first kappa shape index (κ1) is 12.6. The van der Waals surface area contributed by atoms with Crippen LogP contribution in [0.4, 0.5) is 4.39 Å². The molecule has 88 valence electrons. The van der Waals surface area contributed by atoms with Crippen molar-refractivity contribution in [3.63, 3.8) is 0 Å². The van der Waals surface area contributed by atoms with E-state index in [4.69, 9.17) is 10.8 Å². The third kappa shape index (κ3) is 3.31.